The van der Waals surface area contributed by atoms with Crippen molar-refractivity contribution in [3.63, 3.8) is 0 Å². The summed E-state index contributed by atoms with van der Waals surface area (Å²) in [5, 5.41) is 4.42. The van der Waals surface area contributed by atoms with Gasteiger partial charge < -0.3 is 20.1 Å². The highest BCUT2D eigenvalue weighted by Crippen LogP contribution is 2.32. The van der Waals surface area contributed by atoms with Crippen LogP contribution in [0.15, 0.2) is 18.2 Å². The number of alkyl halides is 3. The largest absolute Gasteiger partial charge is 0.454 e. The van der Waals surface area contributed by atoms with Crippen molar-refractivity contribution in [2.45, 2.75) is 31.6 Å². The van der Waals surface area contributed by atoms with Crippen molar-refractivity contribution in [2.24, 2.45) is 5.92 Å². The van der Waals surface area contributed by atoms with Crippen molar-refractivity contribution in [1.29, 1.82) is 0 Å². The molecule has 0 aromatic heterocycles. The second-order valence-corrected chi connectivity index (χ2v) is 5.64. The zero-order chi connectivity index (χ0) is 17.3. The van der Waals surface area contributed by atoms with Gasteiger partial charge in [-0.3, -0.25) is 9.59 Å². The van der Waals surface area contributed by atoms with Crippen molar-refractivity contribution < 1.29 is 32.2 Å². The predicted octanol–water partition coefficient (Wildman–Crippen LogP) is 1.49. The summed E-state index contributed by atoms with van der Waals surface area (Å²) >= 11 is 0. The lowest BCUT2D eigenvalue weighted by molar-refractivity contribution is -0.171. The fourth-order valence-corrected chi connectivity index (χ4v) is 2.67. The van der Waals surface area contributed by atoms with Crippen LogP contribution in [0.2, 0.25) is 0 Å². The zero-order valence-electron chi connectivity index (χ0n) is 12.5. The summed E-state index contributed by atoms with van der Waals surface area (Å²) in [6.45, 7) is 0.274. The van der Waals surface area contributed by atoms with Gasteiger partial charge in [0.1, 0.15) is 12.0 Å². The minimum atomic E-state index is -4.50. The molecular weight excluding hydrogens is 329 g/mol. The summed E-state index contributed by atoms with van der Waals surface area (Å²) in [6.07, 6.45) is -4.94. The number of rotatable bonds is 3. The second kappa shape index (κ2) is 6.21. The molecule has 0 radical (unpaired) electrons. The topological polar surface area (TPSA) is 76.7 Å². The van der Waals surface area contributed by atoms with Crippen LogP contribution < -0.4 is 20.1 Å². The van der Waals surface area contributed by atoms with Crippen LogP contribution in [0, 0.1) is 5.92 Å². The van der Waals surface area contributed by atoms with E-state index >= 15 is 0 Å². The van der Waals surface area contributed by atoms with Gasteiger partial charge in [0.15, 0.2) is 11.5 Å². The summed E-state index contributed by atoms with van der Waals surface area (Å²) in [4.78, 5) is 23.8. The van der Waals surface area contributed by atoms with E-state index in [0.29, 0.717) is 11.5 Å². The molecule has 6 nitrogen and oxygen atoms in total. The van der Waals surface area contributed by atoms with E-state index in [4.69, 9.17) is 9.47 Å². The number of amides is 2. The molecule has 2 N–H and O–H groups in total. The normalized spacial score (nSPS) is 22.9. The Morgan fingerprint density at radius 3 is 2.71 bits per heavy atom. The molecule has 0 spiro atoms. The number of nitrogens with one attached hydrogen (secondary N) is 2. The number of fused-ring (bicyclic) bond motifs is 1. The van der Waals surface area contributed by atoms with Crippen LogP contribution in [0.5, 0.6) is 11.5 Å². The molecule has 1 aromatic rings. The molecule has 2 atom stereocenters. The van der Waals surface area contributed by atoms with Crippen LogP contribution in [0.4, 0.5) is 13.2 Å². The molecule has 2 amide bonds. The zero-order valence-corrected chi connectivity index (χ0v) is 12.5. The van der Waals surface area contributed by atoms with E-state index in [0.717, 1.165) is 5.56 Å². The summed E-state index contributed by atoms with van der Waals surface area (Å²) in [5.74, 6) is -1.43. The number of ether oxygens (including phenoxy) is 2. The highest BCUT2D eigenvalue weighted by Gasteiger charge is 2.45. The minimum absolute atomic E-state index is 0.133. The number of hydrogen-bond acceptors (Lipinski definition) is 4. The molecule has 2 heterocycles. The first-order chi connectivity index (χ1) is 11.3. The van der Waals surface area contributed by atoms with Crippen molar-refractivity contribution in [3.05, 3.63) is 23.8 Å². The third-order valence-corrected chi connectivity index (χ3v) is 3.99. The second-order valence-electron chi connectivity index (χ2n) is 5.64. The number of halogens is 3. The first-order valence-electron chi connectivity index (χ1n) is 7.38. The van der Waals surface area contributed by atoms with Crippen molar-refractivity contribution in [3.8, 4) is 11.5 Å². The van der Waals surface area contributed by atoms with Gasteiger partial charge in [-0.1, -0.05) is 6.07 Å². The number of benzene rings is 1. The van der Waals surface area contributed by atoms with Gasteiger partial charge in [0.2, 0.25) is 18.6 Å². The first kappa shape index (κ1) is 16.4. The molecule has 0 bridgehead atoms. The standard InChI is InChI=1S/C15H15F3N2O4/c16-15(17,18)12-4-2-9(14(22)20-12)13(21)19-6-8-1-3-10-11(5-8)24-7-23-10/h1,3,5,9,12H,2,4,6-7H2,(H,19,21)(H,20,22). The first-order valence-corrected chi connectivity index (χ1v) is 7.38. The quantitative estimate of drug-likeness (QED) is 0.815. The maximum atomic E-state index is 12.6. The van der Waals surface area contributed by atoms with Crippen LogP contribution in [-0.4, -0.2) is 30.8 Å². The van der Waals surface area contributed by atoms with Crippen molar-refractivity contribution >= 4 is 11.8 Å². The van der Waals surface area contributed by atoms with Crippen LogP contribution in [0.3, 0.4) is 0 Å². The molecule has 130 valence electrons. The van der Waals surface area contributed by atoms with E-state index in [-0.39, 0.29) is 26.2 Å². The van der Waals surface area contributed by atoms with Crippen LogP contribution in [0.1, 0.15) is 18.4 Å². The molecule has 2 aliphatic heterocycles. The predicted molar refractivity (Wildman–Crippen MR) is 75.1 cm³/mol. The Morgan fingerprint density at radius 2 is 2.00 bits per heavy atom. The molecule has 3 rings (SSSR count). The van der Waals surface area contributed by atoms with Crippen LogP contribution >= 0.6 is 0 Å². The summed E-state index contributed by atoms with van der Waals surface area (Å²) in [7, 11) is 0. The molecule has 2 unspecified atom stereocenters. The fraction of sp³-hybridized carbons (Fsp3) is 0.467. The lowest BCUT2D eigenvalue weighted by Gasteiger charge is -2.29. The summed E-state index contributed by atoms with van der Waals surface area (Å²) < 4.78 is 48.1. The average molecular weight is 344 g/mol. The van der Waals surface area contributed by atoms with Gasteiger partial charge in [-0.15, -0.1) is 0 Å². The van der Waals surface area contributed by atoms with Crippen molar-refractivity contribution in [1.82, 2.24) is 10.6 Å². The molecule has 0 saturated carbocycles. The van der Waals surface area contributed by atoms with Crippen molar-refractivity contribution in [2.75, 3.05) is 6.79 Å². The molecule has 2 aliphatic rings. The van der Waals surface area contributed by atoms with E-state index < -0.39 is 30.0 Å². The Hall–Kier alpha value is -2.45. The van der Waals surface area contributed by atoms with E-state index in [9.17, 15) is 22.8 Å². The SMILES string of the molecule is O=C(NCc1ccc2c(c1)OCO2)C1CCC(C(F)(F)F)NC1=O. The van der Waals surface area contributed by atoms with Gasteiger partial charge in [0.05, 0.1) is 0 Å². The van der Waals surface area contributed by atoms with Gasteiger partial charge >= 0.3 is 6.18 Å². The van der Waals surface area contributed by atoms with E-state index in [1.54, 1.807) is 18.2 Å². The highest BCUT2D eigenvalue weighted by molar-refractivity contribution is 6.00. The molecule has 24 heavy (non-hydrogen) atoms. The Balaban J connectivity index is 1.55. The molecule has 9 heteroatoms. The Morgan fingerprint density at radius 1 is 1.25 bits per heavy atom. The lowest BCUT2D eigenvalue weighted by Crippen LogP contribution is -2.54. The maximum Gasteiger partial charge on any atom is 0.408 e. The third kappa shape index (κ3) is 3.39. The molecule has 1 aromatic carbocycles. The maximum absolute atomic E-state index is 12.6. The monoisotopic (exact) mass is 344 g/mol. The van der Waals surface area contributed by atoms with E-state index in [2.05, 4.69) is 5.32 Å². The Labute approximate surface area is 135 Å². The Kier molecular flexibility index (Phi) is 4.25. The molecule has 1 saturated heterocycles. The molecular formula is C15H15F3N2O4. The van der Waals surface area contributed by atoms with Gasteiger partial charge in [0, 0.05) is 6.54 Å². The Bertz CT molecular complexity index is 663. The lowest BCUT2D eigenvalue weighted by atomic mass is 9.93. The van der Waals surface area contributed by atoms with Gasteiger partial charge in [0.25, 0.3) is 0 Å². The number of hydrogen-bond donors (Lipinski definition) is 2. The summed E-state index contributed by atoms with van der Waals surface area (Å²) in [5.41, 5.74) is 0.733. The van der Waals surface area contributed by atoms with Crippen LogP contribution in [0.25, 0.3) is 0 Å². The number of carbonyl (C=O) groups is 2. The minimum Gasteiger partial charge on any atom is -0.454 e. The average Bonchev–Trinajstić information content (AvgIpc) is 2.99. The molecule has 0 aliphatic carbocycles. The molecule has 1 fully saturated rings. The van der Waals surface area contributed by atoms with E-state index in [1.165, 1.54) is 0 Å². The number of piperidine rings is 1. The van der Waals surface area contributed by atoms with Gasteiger partial charge in [-0.2, -0.15) is 13.2 Å². The fourth-order valence-electron chi connectivity index (χ4n) is 2.67. The van der Waals surface area contributed by atoms with E-state index in [1.807, 2.05) is 5.32 Å². The van der Waals surface area contributed by atoms with Gasteiger partial charge in [-0.05, 0) is 30.5 Å². The smallest absolute Gasteiger partial charge is 0.408 e. The third-order valence-electron chi connectivity index (χ3n) is 3.99. The van der Waals surface area contributed by atoms with Gasteiger partial charge in [-0.25, -0.2) is 0 Å². The van der Waals surface area contributed by atoms with Crippen LogP contribution in [-0.2, 0) is 16.1 Å². The summed E-state index contributed by atoms with van der Waals surface area (Å²) in [6, 6.07) is 3.24. The highest BCUT2D eigenvalue weighted by atomic mass is 19.4. The number of carbonyl (C=O) groups excluding carboxylic acids is 2.